The van der Waals surface area contributed by atoms with Crippen LogP contribution in [-0.2, 0) is 13.5 Å². The number of unbranched alkanes of at least 4 members (excludes halogenated alkanes) is 1. The predicted octanol–water partition coefficient (Wildman–Crippen LogP) is 7.04. The molecule has 2 heteroatoms. The Kier molecular flexibility index (Phi) is 3.36. The summed E-state index contributed by atoms with van der Waals surface area (Å²) in [5.74, 6) is 0. The Labute approximate surface area is 151 Å². The van der Waals surface area contributed by atoms with Gasteiger partial charge in [-0.05, 0) is 36.6 Å². The van der Waals surface area contributed by atoms with Gasteiger partial charge in [-0.3, -0.25) is 0 Å². The van der Waals surface area contributed by atoms with E-state index in [4.69, 9.17) is 0 Å². The molecule has 0 amide bonds. The highest BCUT2D eigenvalue weighted by Gasteiger charge is 2.17. The number of nitrogens with zero attached hydrogens (tertiary/aromatic N) is 1. The van der Waals surface area contributed by atoms with E-state index in [1.165, 1.54) is 66.8 Å². The molecule has 0 saturated heterocycles. The van der Waals surface area contributed by atoms with Gasteiger partial charge in [0.1, 0.15) is 0 Å². The minimum Gasteiger partial charge on any atom is -0.343 e. The molecule has 0 spiro atoms. The molecular weight excluding hydrogens is 322 g/mol. The largest absolute Gasteiger partial charge is 0.343 e. The first-order valence-electron chi connectivity index (χ1n) is 9.10. The van der Waals surface area contributed by atoms with Crippen molar-refractivity contribution in [2.75, 3.05) is 0 Å². The van der Waals surface area contributed by atoms with Gasteiger partial charge in [-0.1, -0.05) is 49.7 Å². The molecule has 25 heavy (non-hydrogen) atoms. The zero-order valence-electron chi connectivity index (χ0n) is 14.7. The minimum absolute atomic E-state index is 1.17. The van der Waals surface area contributed by atoms with E-state index in [9.17, 15) is 0 Å². The number of fused-ring (bicyclic) bond motifs is 7. The molecule has 0 aliphatic heterocycles. The number of para-hydroxylation sites is 1. The van der Waals surface area contributed by atoms with Gasteiger partial charge in [-0.2, -0.15) is 0 Å². The molecule has 0 fully saturated rings. The SMILES string of the molecule is CCCCc1cc2c3ccccc3n(C)c2c2c1sc1ccccc12. The molecule has 3 aromatic carbocycles. The topological polar surface area (TPSA) is 4.93 Å². The number of aryl methyl sites for hydroxylation is 2. The lowest BCUT2D eigenvalue weighted by Crippen LogP contribution is -1.90. The average molecular weight is 343 g/mol. The molecule has 0 unspecified atom stereocenters. The Morgan fingerprint density at radius 3 is 2.52 bits per heavy atom. The van der Waals surface area contributed by atoms with Crippen LogP contribution < -0.4 is 0 Å². The maximum Gasteiger partial charge on any atom is 0.0583 e. The first-order valence-corrected chi connectivity index (χ1v) is 9.91. The van der Waals surface area contributed by atoms with Crippen molar-refractivity contribution in [1.82, 2.24) is 4.57 Å². The molecule has 5 aromatic rings. The Hall–Kier alpha value is -2.32. The Bertz CT molecular complexity index is 1240. The zero-order chi connectivity index (χ0) is 17.0. The normalized spacial score (nSPS) is 12.1. The summed E-state index contributed by atoms with van der Waals surface area (Å²) < 4.78 is 5.26. The molecule has 1 nitrogen and oxygen atoms in total. The summed E-state index contributed by atoms with van der Waals surface area (Å²) in [6.07, 6.45) is 3.65. The quantitative estimate of drug-likeness (QED) is 0.331. The summed E-state index contributed by atoms with van der Waals surface area (Å²) in [6, 6.07) is 20.1. The average Bonchev–Trinajstić information content (AvgIpc) is 3.16. The maximum absolute atomic E-state index is 2.46. The summed E-state index contributed by atoms with van der Waals surface area (Å²) >= 11 is 1.96. The van der Waals surface area contributed by atoms with Crippen LogP contribution >= 0.6 is 11.3 Å². The first kappa shape index (κ1) is 15.0. The first-order chi connectivity index (χ1) is 12.3. The van der Waals surface area contributed by atoms with Gasteiger partial charge in [-0.25, -0.2) is 0 Å². The highest BCUT2D eigenvalue weighted by atomic mass is 32.1. The summed E-state index contributed by atoms with van der Waals surface area (Å²) in [5.41, 5.74) is 4.22. The number of benzene rings is 3. The highest BCUT2D eigenvalue weighted by Crippen LogP contribution is 2.43. The van der Waals surface area contributed by atoms with Crippen LogP contribution in [0.4, 0.5) is 0 Å². The molecule has 0 saturated carbocycles. The molecule has 0 aliphatic rings. The highest BCUT2D eigenvalue weighted by molar-refractivity contribution is 7.26. The fraction of sp³-hybridized carbons (Fsp3) is 0.217. The van der Waals surface area contributed by atoms with Crippen LogP contribution in [0.3, 0.4) is 0 Å². The van der Waals surface area contributed by atoms with E-state index in [0.717, 1.165) is 0 Å². The van der Waals surface area contributed by atoms with E-state index in [0.29, 0.717) is 0 Å². The van der Waals surface area contributed by atoms with Crippen molar-refractivity contribution < 1.29 is 0 Å². The van der Waals surface area contributed by atoms with E-state index in [-0.39, 0.29) is 0 Å². The maximum atomic E-state index is 2.46. The summed E-state index contributed by atoms with van der Waals surface area (Å²) in [7, 11) is 2.21. The number of thiophene rings is 1. The lowest BCUT2D eigenvalue weighted by Gasteiger charge is -2.06. The fourth-order valence-corrected chi connectivity index (χ4v) is 5.42. The smallest absolute Gasteiger partial charge is 0.0583 e. The minimum atomic E-state index is 1.17. The van der Waals surface area contributed by atoms with Gasteiger partial charge in [0.15, 0.2) is 0 Å². The molecule has 0 atom stereocenters. The van der Waals surface area contributed by atoms with Crippen molar-refractivity contribution >= 4 is 53.3 Å². The number of aromatic nitrogens is 1. The van der Waals surface area contributed by atoms with E-state index >= 15 is 0 Å². The Balaban J connectivity index is 2.05. The molecule has 0 aliphatic carbocycles. The zero-order valence-corrected chi connectivity index (χ0v) is 15.5. The molecule has 124 valence electrons. The molecule has 2 aromatic heterocycles. The van der Waals surface area contributed by atoms with Gasteiger partial charge < -0.3 is 4.57 Å². The molecule has 5 rings (SSSR count). The summed E-state index contributed by atoms with van der Waals surface area (Å²) in [5, 5.41) is 5.62. The Morgan fingerprint density at radius 2 is 1.68 bits per heavy atom. The standard InChI is InChI=1S/C23H21NS/c1-3-4-9-15-14-18-16-10-5-7-12-19(16)24(2)22(18)21-17-11-6-8-13-20(17)25-23(15)21/h5-8,10-14H,3-4,9H2,1-2H3. The van der Waals surface area contributed by atoms with Gasteiger partial charge in [0, 0.05) is 43.5 Å². The van der Waals surface area contributed by atoms with Crippen LogP contribution in [0.2, 0.25) is 0 Å². The van der Waals surface area contributed by atoms with E-state index in [2.05, 4.69) is 73.1 Å². The predicted molar refractivity (Wildman–Crippen MR) is 112 cm³/mol. The van der Waals surface area contributed by atoms with Crippen LogP contribution in [0.1, 0.15) is 25.3 Å². The van der Waals surface area contributed by atoms with Crippen molar-refractivity contribution in [3.05, 3.63) is 60.2 Å². The van der Waals surface area contributed by atoms with E-state index in [1.54, 1.807) is 0 Å². The third-order valence-corrected chi connectivity index (χ3v) is 6.63. The van der Waals surface area contributed by atoms with Crippen LogP contribution in [0, 0.1) is 0 Å². The third-order valence-electron chi connectivity index (χ3n) is 5.39. The number of rotatable bonds is 3. The van der Waals surface area contributed by atoms with Gasteiger partial charge >= 0.3 is 0 Å². The summed E-state index contributed by atoms with van der Waals surface area (Å²) in [6.45, 7) is 2.28. The summed E-state index contributed by atoms with van der Waals surface area (Å²) in [4.78, 5) is 0. The van der Waals surface area contributed by atoms with E-state index in [1.807, 2.05) is 11.3 Å². The van der Waals surface area contributed by atoms with Gasteiger partial charge in [0.2, 0.25) is 0 Å². The van der Waals surface area contributed by atoms with Crippen LogP contribution in [0.5, 0.6) is 0 Å². The van der Waals surface area contributed by atoms with Crippen molar-refractivity contribution in [3.8, 4) is 0 Å². The third kappa shape index (κ3) is 2.07. The van der Waals surface area contributed by atoms with Gasteiger partial charge in [0.05, 0.1) is 5.52 Å². The van der Waals surface area contributed by atoms with Gasteiger partial charge in [-0.15, -0.1) is 11.3 Å². The van der Waals surface area contributed by atoms with Crippen LogP contribution in [-0.4, -0.2) is 4.57 Å². The lowest BCUT2D eigenvalue weighted by atomic mass is 10.0. The fourth-order valence-electron chi connectivity index (χ4n) is 4.17. The molecular formula is C23H21NS. The lowest BCUT2D eigenvalue weighted by molar-refractivity contribution is 0.800. The van der Waals surface area contributed by atoms with Crippen LogP contribution in [0.15, 0.2) is 54.6 Å². The number of hydrogen-bond donors (Lipinski definition) is 0. The molecule has 2 heterocycles. The second-order valence-corrected chi connectivity index (χ2v) is 7.97. The second-order valence-electron chi connectivity index (χ2n) is 6.91. The van der Waals surface area contributed by atoms with Crippen molar-refractivity contribution in [1.29, 1.82) is 0 Å². The van der Waals surface area contributed by atoms with Crippen molar-refractivity contribution in [3.63, 3.8) is 0 Å². The van der Waals surface area contributed by atoms with Crippen LogP contribution in [0.25, 0.3) is 42.0 Å². The Morgan fingerprint density at radius 1 is 0.920 bits per heavy atom. The molecule has 0 bridgehead atoms. The van der Waals surface area contributed by atoms with Crippen molar-refractivity contribution in [2.24, 2.45) is 7.05 Å². The molecule has 0 radical (unpaired) electrons. The van der Waals surface area contributed by atoms with Crippen molar-refractivity contribution in [2.45, 2.75) is 26.2 Å². The monoisotopic (exact) mass is 343 g/mol. The van der Waals surface area contributed by atoms with E-state index < -0.39 is 0 Å². The van der Waals surface area contributed by atoms with Gasteiger partial charge in [0.25, 0.3) is 0 Å². The second kappa shape index (κ2) is 5.60. The number of hydrogen-bond acceptors (Lipinski definition) is 1. The molecule has 0 N–H and O–H groups in total.